The zero-order chi connectivity index (χ0) is 20.5. The highest BCUT2D eigenvalue weighted by Gasteiger charge is 2.40. The molecule has 0 bridgehead atoms. The van der Waals surface area contributed by atoms with E-state index >= 15 is 0 Å². The lowest BCUT2D eigenvalue weighted by molar-refractivity contribution is -0.159. The van der Waals surface area contributed by atoms with Crippen LogP contribution in [0.25, 0.3) is 11.4 Å². The van der Waals surface area contributed by atoms with Crippen LogP contribution in [-0.2, 0) is 23.3 Å². The van der Waals surface area contributed by atoms with Gasteiger partial charge < -0.3 is 4.52 Å². The Labute approximate surface area is 163 Å². The molecule has 1 heterocycles. The van der Waals surface area contributed by atoms with Gasteiger partial charge in [0, 0.05) is 22.0 Å². The SMILES string of the molecule is O=C(Cc1ccc(-c2noc(C(F)(F)F)n2)cc1)C(F)(F)c1ccc(Br)cc1. The van der Waals surface area contributed by atoms with Crippen LogP contribution < -0.4 is 0 Å². The van der Waals surface area contributed by atoms with Crippen LogP contribution in [0, 0.1) is 0 Å². The number of rotatable bonds is 5. The second-order valence-electron chi connectivity index (χ2n) is 5.80. The predicted molar refractivity (Wildman–Crippen MR) is 91.5 cm³/mol. The lowest BCUT2D eigenvalue weighted by atomic mass is 9.98. The molecule has 3 aromatic rings. The molecule has 0 radical (unpaired) electrons. The molecule has 0 aliphatic rings. The van der Waals surface area contributed by atoms with Crippen molar-refractivity contribution in [3.05, 3.63) is 70.0 Å². The van der Waals surface area contributed by atoms with Gasteiger partial charge in [0.2, 0.25) is 11.6 Å². The summed E-state index contributed by atoms with van der Waals surface area (Å²) in [5, 5.41) is 3.23. The molecular weight excluding hydrogens is 451 g/mol. The zero-order valence-corrected chi connectivity index (χ0v) is 15.4. The molecule has 0 saturated heterocycles. The van der Waals surface area contributed by atoms with E-state index < -0.39 is 35.8 Å². The molecule has 10 heteroatoms. The monoisotopic (exact) mass is 460 g/mol. The smallest absolute Gasteiger partial charge is 0.329 e. The molecule has 4 nitrogen and oxygen atoms in total. The largest absolute Gasteiger partial charge is 0.471 e. The number of carbonyl (C=O) groups is 1. The van der Waals surface area contributed by atoms with Gasteiger partial charge in [0.25, 0.3) is 0 Å². The van der Waals surface area contributed by atoms with Crippen LogP contribution in [0.5, 0.6) is 0 Å². The first kappa shape index (κ1) is 20.1. The molecule has 0 unspecified atom stereocenters. The molecule has 0 fully saturated rings. The fourth-order valence-electron chi connectivity index (χ4n) is 2.34. The first-order valence-corrected chi connectivity index (χ1v) is 8.54. The highest BCUT2D eigenvalue weighted by molar-refractivity contribution is 9.10. The van der Waals surface area contributed by atoms with Crippen molar-refractivity contribution in [2.75, 3.05) is 0 Å². The van der Waals surface area contributed by atoms with Crippen molar-refractivity contribution in [3.63, 3.8) is 0 Å². The average molecular weight is 461 g/mol. The number of alkyl halides is 5. The maximum absolute atomic E-state index is 14.3. The molecule has 0 N–H and O–H groups in total. The van der Waals surface area contributed by atoms with E-state index in [1.54, 1.807) is 0 Å². The minimum absolute atomic E-state index is 0.190. The number of benzene rings is 2. The molecule has 0 amide bonds. The maximum Gasteiger partial charge on any atom is 0.471 e. The van der Waals surface area contributed by atoms with Gasteiger partial charge in [0.05, 0.1) is 0 Å². The van der Waals surface area contributed by atoms with Gasteiger partial charge in [0.1, 0.15) is 0 Å². The molecule has 3 rings (SSSR count). The lowest BCUT2D eigenvalue weighted by Gasteiger charge is -2.15. The zero-order valence-electron chi connectivity index (χ0n) is 13.8. The molecule has 0 atom stereocenters. The molecular formula is C18H10BrF5N2O2. The highest BCUT2D eigenvalue weighted by atomic mass is 79.9. The maximum atomic E-state index is 14.3. The van der Waals surface area contributed by atoms with Gasteiger partial charge >= 0.3 is 18.0 Å². The quantitative estimate of drug-likeness (QED) is 0.477. The van der Waals surface area contributed by atoms with Gasteiger partial charge in [-0.1, -0.05) is 57.5 Å². The van der Waals surface area contributed by atoms with Gasteiger partial charge in [-0.25, -0.2) is 0 Å². The fourth-order valence-corrected chi connectivity index (χ4v) is 2.61. The summed E-state index contributed by atoms with van der Waals surface area (Å²) in [6.07, 6.45) is -5.32. The second-order valence-corrected chi connectivity index (χ2v) is 6.71. The van der Waals surface area contributed by atoms with Crippen LogP contribution in [0.4, 0.5) is 22.0 Å². The Morgan fingerprint density at radius 3 is 2.11 bits per heavy atom. The molecule has 28 heavy (non-hydrogen) atoms. The van der Waals surface area contributed by atoms with Crippen LogP contribution in [0.3, 0.4) is 0 Å². The standard InChI is InChI=1S/C18H10BrF5N2O2/c19-13-7-5-12(6-8-13)17(20,21)14(27)9-10-1-3-11(4-2-10)15-25-16(28-26-15)18(22,23)24/h1-8H,9H2. The van der Waals surface area contributed by atoms with E-state index in [1.165, 1.54) is 36.4 Å². The number of halogens is 6. The third kappa shape index (κ3) is 4.27. The van der Waals surface area contributed by atoms with Crippen LogP contribution >= 0.6 is 15.9 Å². The average Bonchev–Trinajstić information content (AvgIpc) is 3.13. The Bertz CT molecular complexity index is 982. The molecule has 2 aromatic carbocycles. The van der Waals surface area contributed by atoms with Crippen LogP contribution in [0.15, 0.2) is 57.5 Å². The van der Waals surface area contributed by atoms with E-state index in [2.05, 4.69) is 30.6 Å². The second kappa shape index (κ2) is 7.42. The highest BCUT2D eigenvalue weighted by Crippen LogP contribution is 2.32. The van der Waals surface area contributed by atoms with Crippen LogP contribution in [0.2, 0.25) is 0 Å². The topological polar surface area (TPSA) is 56.0 Å². The lowest BCUT2D eigenvalue weighted by Crippen LogP contribution is -2.27. The van der Waals surface area contributed by atoms with Gasteiger partial charge in [-0.3, -0.25) is 4.79 Å². The number of ketones is 1. The van der Waals surface area contributed by atoms with E-state index in [0.29, 0.717) is 4.47 Å². The Balaban J connectivity index is 1.74. The Morgan fingerprint density at radius 2 is 1.57 bits per heavy atom. The summed E-state index contributed by atoms with van der Waals surface area (Å²) < 4.78 is 70.9. The number of carbonyl (C=O) groups excluding carboxylic acids is 1. The fraction of sp³-hybridized carbons (Fsp3) is 0.167. The van der Waals surface area contributed by atoms with Gasteiger partial charge in [-0.2, -0.15) is 26.9 Å². The van der Waals surface area contributed by atoms with E-state index in [4.69, 9.17) is 0 Å². The Morgan fingerprint density at radius 1 is 0.964 bits per heavy atom. The molecule has 0 aliphatic carbocycles. The van der Waals surface area contributed by atoms with Gasteiger partial charge in [-0.05, 0) is 17.7 Å². The normalized spacial score (nSPS) is 12.2. The third-order valence-corrected chi connectivity index (χ3v) is 4.33. The van der Waals surface area contributed by atoms with Crippen molar-refractivity contribution in [1.29, 1.82) is 0 Å². The van der Waals surface area contributed by atoms with Gasteiger partial charge in [-0.15, -0.1) is 0 Å². The summed E-state index contributed by atoms with van der Waals surface area (Å²) in [7, 11) is 0. The summed E-state index contributed by atoms with van der Waals surface area (Å²) >= 11 is 3.13. The summed E-state index contributed by atoms with van der Waals surface area (Å²) in [5.74, 6) is -6.77. The molecule has 146 valence electrons. The minimum Gasteiger partial charge on any atom is -0.329 e. The molecule has 1 aromatic heterocycles. The van der Waals surface area contributed by atoms with E-state index in [9.17, 15) is 26.7 Å². The summed E-state index contributed by atoms with van der Waals surface area (Å²) in [4.78, 5) is 15.3. The number of hydrogen-bond donors (Lipinski definition) is 0. The third-order valence-electron chi connectivity index (χ3n) is 3.80. The molecule has 0 aliphatic heterocycles. The van der Waals surface area contributed by atoms with Crippen molar-refractivity contribution in [2.45, 2.75) is 18.5 Å². The summed E-state index contributed by atoms with van der Waals surface area (Å²) in [6, 6.07) is 10.5. The van der Waals surface area contributed by atoms with E-state index in [0.717, 1.165) is 12.1 Å². The van der Waals surface area contributed by atoms with E-state index in [-0.39, 0.29) is 17.0 Å². The van der Waals surface area contributed by atoms with Crippen molar-refractivity contribution < 1.29 is 31.3 Å². The first-order chi connectivity index (χ1) is 13.1. The van der Waals surface area contributed by atoms with E-state index in [1.807, 2.05) is 0 Å². The summed E-state index contributed by atoms with van der Waals surface area (Å²) in [5.41, 5.74) is 0.0315. The summed E-state index contributed by atoms with van der Waals surface area (Å²) in [6.45, 7) is 0. The number of nitrogens with zero attached hydrogens (tertiary/aromatic N) is 2. The molecule has 0 spiro atoms. The van der Waals surface area contributed by atoms with Gasteiger partial charge in [0.15, 0.2) is 0 Å². The number of Topliss-reactive ketones (excluding diaryl/α,β-unsaturated/α-hetero) is 1. The minimum atomic E-state index is -4.77. The van der Waals surface area contributed by atoms with Crippen molar-refractivity contribution in [3.8, 4) is 11.4 Å². The Kier molecular flexibility index (Phi) is 5.33. The Hall–Kier alpha value is -2.62. The number of aromatic nitrogens is 2. The van der Waals surface area contributed by atoms with Crippen LogP contribution in [0.1, 0.15) is 17.0 Å². The molecule has 0 saturated carbocycles. The van der Waals surface area contributed by atoms with Crippen molar-refractivity contribution >= 4 is 21.7 Å². The van der Waals surface area contributed by atoms with Crippen LogP contribution in [-0.4, -0.2) is 15.9 Å². The first-order valence-electron chi connectivity index (χ1n) is 7.75. The number of hydrogen-bond acceptors (Lipinski definition) is 4. The van der Waals surface area contributed by atoms with Crippen molar-refractivity contribution in [1.82, 2.24) is 10.1 Å². The predicted octanol–water partition coefficient (Wildman–Crippen LogP) is 5.42. The van der Waals surface area contributed by atoms with Crippen molar-refractivity contribution in [2.24, 2.45) is 0 Å².